The van der Waals surface area contributed by atoms with Crippen molar-refractivity contribution >= 4 is 39.4 Å². The normalized spacial score (nSPS) is 21.2. The maximum atomic E-state index is 13.6. The summed E-state index contributed by atoms with van der Waals surface area (Å²) >= 11 is 0. The summed E-state index contributed by atoms with van der Waals surface area (Å²) in [5.41, 5.74) is 2.37. The van der Waals surface area contributed by atoms with E-state index in [-0.39, 0.29) is 48.2 Å². The Morgan fingerprint density at radius 2 is 1.63 bits per heavy atom. The number of anilines is 2. The van der Waals surface area contributed by atoms with Crippen molar-refractivity contribution in [2.45, 2.75) is 61.9 Å². The van der Waals surface area contributed by atoms with Crippen molar-refractivity contribution in [1.82, 2.24) is 29.4 Å². The number of hydrogen-bond donors (Lipinski definition) is 2. The summed E-state index contributed by atoms with van der Waals surface area (Å²) in [7, 11) is -3.76. The highest BCUT2D eigenvalue weighted by Crippen LogP contribution is 2.32. The fourth-order valence-corrected chi connectivity index (χ4v) is 8.65. The van der Waals surface area contributed by atoms with E-state index in [1.54, 1.807) is 23.1 Å². The lowest BCUT2D eigenvalue weighted by atomic mass is 10.0. The lowest BCUT2D eigenvalue weighted by Gasteiger charge is -2.36. The Bertz CT molecular complexity index is 1930. The van der Waals surface area contributed by atoms with Gasteiger partial charge in [0, 0.05) is 88.5 Å². The van der Waals surface area contributed by atoms with Gasteiger partial charge in [0.15, 0.2) is 0 Å². The summed E-state index contributed by atoms with van der Waals surface area (Å²) in [5.74, 6) is -0.882. The van der Waals surface area contributed by atoms with Gasteiger partial charge in [-0.2, -0.15) is 17.5 Å². The molecule has 1 aromatic heterocycles. The Hall–Kier alpha value is -4.61. The number of piperidine rings is 2. The number of carbonyl (C=O) groups is 3. The van der Waals surface area contributed by atoms with E-state index in [0.29, 0.717) is 37.9 Å². The Labute approximate surface area is 292 Å². The molecular formula is C34H37F3N8O5S. The largest absolute Gasteiger partial charge is 0.419 e. The highest BCUT2D eigenvalue weighted by atomic mass is 32.2. The molecule has 1 unspecified atom stereocenters. The lowest BCUT2D eigenvalue weighted by Crippen LogP contribution is -2.52. The number of nitrogens with one attached hydrogen (secondary N) is 2. The summed E-state index contributed by atoms with van der Waals surface area (Å²) in [6.07, 6.45) is -1.65. The van der Waals surface area contributed by atoms with Crippen LogP contribution in [0.1, 0.15) is 52.7 Å². The number of benzene rings is 2. The SMILES string of the molecule is O=C1CCC(N2Cc3cc(N4CCN(Cc5cccc(S(=O)(=O)N6CCC(Nc7ncc(C(F)(F)F)cn7)CC6)c5)CC4)ccc3C2=O)C(=O)N1. The van der Waals surface area contributed by atoms with Crippen LogP contribution < -0.4 is 15.5 Å². The van der Waals surface area contributed by atoms with Gasteiger partial charge >= 0.3 is 6.18 Å². The monoisotopic (exact) mass is 726 g/mol. The third kappa shape index (κ3) is 7.41. The lowest BCUT2D eigenvalue weighted by molar-refractivity contribution is -0.138. The summed E-state index contributed by atoms with van der Waals surface area (Å²) in [4.78, 5) is 50.8. The van der Waals surface area contributed by atoms with Crippen LogP contribution in [0.25, 0.3) is 0 Å². The van der Waals surface area contributed by atoms with Crippen LogP contribution in [-0.4, -0.2) is 102 Å². The van der Waals surface area contributed by atoms with E-state index in [4.69, 9.17) is 0 Å². The number of amides is 3. The Morgan fingerprint density at radius 1 is 0.902 bits per heavy atom. The van der Waals surface area contributed by atoms with Crippen LogP contribution >= 0.6 is 0 Å². The van der Waals surface area contributed by atoms with E-state index >= 15 is 0 Å². The van der Waals surface area contributed by atoms with Crippen LogP contribution in [0.15, 0.2) is 59.8 Å². The van der Waals surface area contributed by atoms with E-state index in [9.17, 15) is 36.0 Å². The zero-order valence-electron chi connectivity index (χ0n) is 27.6. The molecule has 2 aromatic carbocycles. The summed E-state index contributed by atoms with van der Waals surface area (Å²) in [6, 6.07) is 11.9. The molecule has 0 bridgehead atoms. The van der Waals surface area contributed by atoms with Gasteiger partial charge in [-0.15, -0.1) is 0 Å². The van der Waals surface area contributed by atoms with Crippen LogP contribution in [0, 0.1) is 0 Å². The zero-order chi connectivity index (χ0) is 35.9. The van der Waals surface area contributed by atoms with Crippen LogP contribution in [0.5, 0.6) is 0 Å². The van der Waals surface area contributed by atoms with Crippen LogP contribution in [0.4, 0.5) is 24.8 Å². The minimum absolute atomic E-state index is 0.0694. The molecule has 7 rings (SSSR count). The van der Waals surface area contributed by atoms with Gasteiger partial charge in [0.2, 0.25) is 27.8 Å². The number of rotatable bonds is 8. The Kier molecular flexibility index (Phi) is 9.45. The van der Waals surface area contributed by atoms with Crippen molar-refractivity contribution in [3.8, 4) is 0 Å². The number of piperazine rings is 1. The van der Waals surface area contributed by atoms with Crippen LogP contribution in [0.2, 0.25) is 0 Å². The number of alkyl halides is 3. The van der Waals surface area contributed by atoms with Gasteiger partial charge in [-0.3, -0.25) is 24.6 Å². The minimum atomic E-state index is -4.52. The first-order chi connectivity index (χ1) is 24.3. The molecule has 1 atom stereocenters. The van der Waals surface area contributed by atoms with Crippen LogP contribution in [-0.2, 0) is 38.9 Å². The number of hydrogen-bond acceptors (Lipinski definition) is 10. The van der Waals surface area contributed by atoms with Crippen LogP contribution in [0.3, 0.4) is 0 Å². The number of sulfonamides is 1. The standard InChI is InChI=1S/C34H37F3N8O5S/c35-34(36,37)24-18-38-33(39-19-24)40-25-8-10-44(11-9-25)51(49,50)27-3-1-2-22(16-27)20-42-12-14-43(15-13-42)26-4-5-28-23(17-26)21-45(32(28)48)29-6-7-30(46)41-31(29)47/h1-5,16-19,25,29H,6-15,20-21H2,(H,38,39,40)(H,41,46,47). The van der Waals surface area contributed by atoms with Gasteiger partial charge in [-0.05, 0) is 60.7 Å². The Morgan fingerprint density at radius 3 is 2.31 bits per heavy atom. The molecule has 5 heterocycles. The number of carbonyl (C=O) groups excluding carboxylic acids is 3. The summed E-state index contributed by atoms with van der Waals surface area (Å²) < 4.78 is 67.0. The first-order valence-electron chi connectivity index (χ1n) is 16.8. The smallest absolute Gasteiger partial charge is 0.369 e. The molecule has 270 valence electrons. The first kappa shape index (κ1) is 34.8. The molecule has 2 N–H and O–H groups in total. The number of imide groups is 1. The molecule has 4 aliphatic heterocycles. The molecule has 0 saturated carbocycles. The topological polar surface area (TPSA) is 148 Å². The van der Waals surface area contributed by atoms with E-state index in [1.165, 1.54) is 4.31 Å². The second-order valence-corrected chi connectivity index (χ2v) is 15.2. The Balaban J connectivity index is 0.909. The third-order valence-electron chi connectivity index (χ3n) is 9.95. The molecule has 3 fully saturated rings. The molecular weight excluding hydrogens is 689 g/mol. The predicted molar refractivity (Wildman–Crippen MR) is 179 cm³/mol. The molecule has 51 heavy (non-hydrogen) atoms. The van der Waals surface area contributed by atoms with Crippen molar-refractivity contribution in [3.63, 3.8) is 0 Å². The maximum absolute atomic E-state index is 13.6. The van der Waals surface area contributed by atoms with E-state index < -0.39 is 33.7 Å². The average Bonchev–Trinajstić information content (AvgIpc) is 3.43. The van der Waals surface area contributed by atoms with Gasteiger partial charge in [0.05, 0.1) is 10.5 Å². The fourth-order valence-electron chi connectivity index (χ4n) is 7.11. The number of aromatic nitrogens is 2. The number of fused-ring (bicyclic) bond motifs is 1. The molecule has 3 amide bonds. The van der Waals surface area contributed by atoms with Crippen molar-refractivity contribution in [3.05, 3.63) is 77.1 Å². The van der Waals surface area contributed by atoms with Gasteiger partial charge < -0.3 is 15.1 Å². The highest BCUT2D eigenvalue weighted by molar-refractivity contribution is 7.89. The van der Waals surface area contributed by atoms with Crippen molar-refractivity contribution < 1.29 is 36.0 Å². The second-order valence-electron chi connectivity index (χ2n) is 13.3. The third-order valence-corrected chi connectivity index (χ3v) is 11.8. The predicted octanol–water partition coefficient (Wildman–Crippen LogP) is 2.84. The van der Waals surface area contributed by atoms with Gasteiger partial charge in [0.1, 0.15) is 6.04 Å². The maximum Gasteiger partial charge on any atom is 0.419 e. The molecule has 0 aliphatic carbocycles. The van der Waals surface area contributed by atoms with E-state index in [2.05, 4.69) is 30.4 Å². The fraction of sp³-hybridized carbons (Fsp3) is 0.441. The second kappa shape index (κ2) is 13.8. The van der Waals surface area contributed by atoms with Gasteiger partial charge in [0.25, 0.3) is 5.91 Å². The zero-order valence-corrected chi connectivity index (χ0v) is 28.4. The van der Waals surface area contributed by atoms with E-state index in [1.807, 2.05) is 24.3 Å². The molecule has 3 aromatic rings. The van der Waals surface area contributed by atoms with Crippen molar-refractivity contribution in [2.75, 3.05) is 49.5 Å². The number of nitrogens with zero attached hydrogens (tertiary/aromatic N) is 6. The van der Waals surface area contributed by atoms with Gasteiger partial charge in [-0.25, -0.2) is 18.4 Å². The molecule has 17 heteroatoms. The number of halogens is 3. The van der Waals surface area contributed by atoms with Gasteiger partial charge in [-0.1, -0.05) is 12.1 Å². The molecule has 3 saturated heterocycles. The quantitative estimate of drug-likeness (QED) is 0.332. The molecule has 4 aliphatic rings. The van der Waals surface area contributed by atoms with Crippen molar-refractivity contribution in [2.24, 2.45) is 0 Å². The average molecular weight is 727 g/mol. The summed E-state index contributed by atoms with van der Waals surface area (Å²) in [5, 5.41) is 5.34. The highest BCUT2D eigenvalue weighted by Gasteiger charge is 2.39. The minimum Gasteiger partial charge on any atom is -0.369 e. The molecule has 13 nitrogen and oxygen atoms in total. The van der Waals surface area contributed by atoms with E-state index in [0.717, 1.165) is 55.4 Å². The first-order valence-corrected chi connectivity index (χ1v) is 18.3. The van der Waals surface area contributed by atoms with Crippen molar-refractivity contribution in [1.29, 1.82) is 0 Å². The molecule has 0 radical (unpaired) electrons. The molecule has 0 spiro atoms. The summed E-state index contributed by atoms with van der Waals surface area (Å²) in [6.45, 7) is 4.37.